The first-order valence-electron chi connectivity index (χ1n) is 18.2. The summed E-state index contributed by atoms with van der Waals surface area (Å²) in [6, 6.07) is 0. The number of allylic oxidation sites excluding steroid dienone is 2. The highest BCUT2D eigenvalue weighted by atomic mass is 16.5. The van der Waals surface area contributed by atoms with Gasteiger partial charge in [0.15, 0.2) is 0 Å². The van der Waals surface area contributed by atoms with Crippen LogP contribution in [0.5, 0.6) is 0 Å². The van der Waals surface area contributed by atoms with E-state index in [4.69, 9.17) is 9.47 Å². The minimum absolute atomic E-state index is 0.180. The second kappa shape index (κ2) is 24.0. The zero-order valence-corrected chi connectivity index (χ0v) is 28.1. The number of rotatable bonds is 27. The molecule has 256 valence electrons. The summed E-state index contributed by atoms with van der Waals surface area (Å²) in [5, 5.41) is 41.6. The van der Waals surface area contributed by atoms with Gasteiger partial charge in [-0.1, -0.05) is 96.1 Å². The van der Waals surface area contributed by atoms with Crippen LogP contribution in [0.3, 0.4) is 0 Å². The van der Waals surface area contributed by atoms with Crippen LogP contribution in [0.15, 0.2) is 23.8 Å². The van der Waals surface area contributed by atoms with E-state index in [9.17, 15) is 25.2 Å². The van der Waals surface area contributed by atoms with Gasteiger partial charge in [-0.05, 0) is 77.2 Å². The lowest BCUT2D eigenvalue weighted by atomic mass is 9.98. The van der Waals surface area contributed by atoms with Crippen molar-refractivity contribution in [3.05, 3.63) is 23.8 Å². The van der Waals surface area contributed by atoms with E-state index in [1.54, 1.807) is 6.08 Å². The monoisotopic (exact) mass is 622 g/mol. The predicted octanol–water partition coefficient (Wildman–Crippen LogP) is 7.62. The van der Waals surface area contributed by atoms with Crippen molar-refractivity contribution in [3.8, 4) is 0 Å². The van der Waals surface area contributed by atoms with E-state index in [1.165, 1.54) is 51.4 Å². The third-order valence-corrected chi connectivity index (χ3v) is 9.30. The van der Waals surface area contributed by atoms with Crippen LogP contribution < -0.4 is 0 Å². The van der Waals surface area contributed by atoms with Crippen molar-refractivity contribution in [1.29, 1.82) is 0 Å². The van der Waals surface area contributed by atoms with Crippen LogP contribution in [-0.2, 0) is 14.3 Å². The van der Waals surface area contributed by atoms with E-state index in [0.717, 1.165) is 64.2 Å². The molecule has 0 aromatic rings. The number of ether oxygens (including phenoxy) is 2. The first-order chi connectivity index (χ1) is 21.3. The minimum atomic E-state index is -0.816. The van der Waals surface area contributed by atoms with Crippen molar-refractivity contribution < 1.29 is 34.7 Å². The summed E-state index contributed by atoms with van der Waals surface area (Å²) in [6.07, 6.45) is 26.3. The van der Waals surface area contributed by atoms with Crippen LogP contribution in [0, 0.1) is 0 Å². The number of esters is 1. The summed E-state index contributed by atoms with van der Waals surface area (Å²) in [6.45, 7) is 4.08. The molecule has 7 nitrogen and oxygen atoms in total. The lowest BCUT2D eigenvalue weighted by Gasteiger charge is -2.22. The molecule has 2 rings (SSSR count). The molecule has 1 fully saturated rings. The van der Waals surface area contributed by atoms with Crippen molar-refractivity contribution in [2.45, 2.75) is 204 Å². The van der Waals surface area contributed by atoms with Gasteiger partial charge in [0, 0.05) is 12.0 Å². The van der Waals surface area contributed by atoms with E-state index in [0.29, 0.717) is 37.7 Å². The maximum atomic E-state index is 11.7. The van der Waals surface area contributed by atoms with Gasteiger partial charge in [0.25, 0.3) is 0 Å². The average molecular weight is 623 g/mol. The Balaban J connectivity index is 1.42. The molecule has 0 saturated carbocycles. The highest BCUT2D eigenvalue weighted by Crippen LogP contribution is 2.28. The molecule has 0 radical (unpaired) electrons. The number of unbranched alkanes of at least 4 members (excludes halogenated alkanes) is 12. The molecule has 7 heteroatoms. The molecule has 4 N–H and O–H groups in total. The van der Waals surface area contributed by atoms with Crippen LogP contribution in [-0.4, -0.2) is 69.1 Å². The number of carbonyl (C=O) groups excluding carboxylic acids is 1. The number of aliphatic hydroxyl groups is 4. The highest BCUT2D eigenvalue weighted by molar-refractivity contribution is 5.90. The standard InChI is InChI=1S/C37H66O7/c1-3-4-5-6-7-8-9-10-11-12-16-19-22-33(39)34(40)24-25-35(41)36-26-23-32(44-36)21-18-15-13-14-17-20-31(38)28-30-27-29(2)43-37(30)42/h12,16,27,29,31-36,38-41H,3-11,13-15,17-26,28H2,1-2H3/b16-12-/t29-,31?,32+,33-,34-,35-,36-/m0/s1. The third kappa shape index (κ3) is 17.4. The van der Waals surface area contributed by atoms with E-state index in [2.05, 4.69) is 19.1 Å². The van der Waals surface area contributed by atoms with E-state index in [1.807, 2.05) is 6.92 Å². The average Bonchev–Trinajstić information content (AvgIpc) is 3.60. The van der Waals surface area contributed by atoms with Crippen molar-refractivity contribution >= 4 is 5.97 Å². The van der Waals surface area contributed by atoms with Gasteiger partial charge < -0.3 is 29.9 Å². The molecule has 1 saturated heterocycles. The van der Waals surface area contributed by atoms with Crippen molar-refractivity contribution in [2.24, 2.45) is 0 Å². The Morgan fingerprint density at radius 1 is 0.773 bits per heavy atom. The Morgan fingerprint density at radius 3 is 2.11 bits per heavy atom. The molecule has 2 aliphatic heterocycles. The Labute approximate surface area is 268 Å². The Morgan fingerprint density at radius 2 is 1.41 bits per heavy atom. The molecular formula is C37H66O7. The van der Waals surface area contributed by atoms with Crippen LogP contribution in [0.2, 0.25) is 0 Å². The van der Waals surface area contributed by atoms with Gasteiger partial charge in [-0.15, -0.1) is 0 Å². The number of aliphatic hydroxyl groups excluding tert-OH is 4. The number of hydrogen-bond acceptors (Lipinski definition) is 7. The Hall–Kier alpha value is -1.25. The van der Waals surface area contributed by atoms with Gasteiger partial charge in [0.2, 0.25) is 0 Å². The fourth-order valence-electron chi connectivity index (χ4n) is 6.46. The predicted molar refractivity (Wildman–Crippen MR) is 177 cm³/mol. The van der Waals surface area contributed by atoms with E-state index < -0.39 is 24.4 Å². The second-order valence-electron chi connectivity index (χ2n) is 13.5. The van der Waals surface area contributed by atoms with Crippen molar-refractivity contribution in [2.75, 3.05) is 0 Å². The largest absolute Gasteiger partial charge is 0.455 e. The van der Waals surface area contributed by atoms with Crippen LogP contribution in [0.4, 0.5) is 0 Å². The second-order valence-corrected chi connectivity index (χ2v) is 13.5. The molecule has 1 unspecified atom stereocenters. The Bertz CT molecular complexity index is 797. The topological polar surface area (TPSA) is 116 Å². The van der Waals surface area contributed by atoms with Gasteiger partial charge in [-0.3, -0.25) is 0 Å². The number of cyclic esters (lactones) is 1. The number of carbonyl (C=O) groups is 1. The minimum Gasteiger partial charge on any atom is -0.455 e. The first-order valence-corrected chi connectivity index (χ1v) is 18.2. The van der Waals surface area contributed by atoms with Gasteiger partial charge >= 0.3 is 5.97 Å². The summed E-state index contributed by atoms with van der Waals surface area (Å²) < 4.78 is 11.2. The zero-order valence-electron chi connectivity index (χ0n) is 28.1. The lowest BCUT2D eigenvalue weighted by molar-refractivity contribution is -0.139. The van der Waals surface area contributed by atoms with Crippen LogP contribution >= 0.6 is 0 Å². The fourth-order valence-corrected chi connectivity index (χ4v) is 6.46. The Kier molecular flexibility index (Phi) is 21.2. The number of hydrogen-bond donors (Lipinski definition) is 4. The SMILES string of the molecule is CCCCCCCCCC/C=C\CC[C@H](O)[C@@H](O)CC[C@H](O)[C@@H]1CC[C@@H](CCCCCCCC(O)CC2=C[C@H](C)OC2=O)O1. The summed E-state index contributed by atoms with van der Waals surface area (Å²) >= 11 is 0. The van der Waals surface area contributed by atoms with Crippen molar-refractivity contribution in [3.63, 3.8) is 0 Å². The molecule has 44 heavy (non-hydrogen) atoms. The van der Waals surface area contributed by atoms with Gasteiger partial charge in [0.1, 0.15) is 6.10 Å². The van der Waals surface area contributed by atoms with Crippen molar-refractivity contribution in [1.82, 2.24) is 0 Å². The van der Waals surface area contributed by atoms with Crippen LogP contribution in [0.1, 0.15) is 162 Å². The first kappa shape index (κ1) is 38.9. The summed E-state index contributed by atoms with van der Waals surface area (Å²) in [5.74, 6) is -0.296. The molecule has 7 atom stereocenters. The smallest absolute Gasteiger partial charge is 0.334 e. The van der Waals surface area contributed by atoms with Crippen LogP contribution in [0.25, 0.3) is 0 Å². The third-order valence-electron chi connectivity index (χ3n) is 9.30. The molecule has 0 amide bonds. The maximum absolute atomic E-state index is 11.7. The lowest BCUT2D eigenvalue weighted by Crippen LogP contribution is -2.31. The quantitative estimate of drug-likeness (QED) is 0.0423. The molecule has 2 aliphatic rings. The van der Waals surface area contributed by atoms with E-state index in [-0.39, 0.29) is 24.3 Å². The maximum Gasteiger partial charge on any atom is 0.334 e. The fraction of sp³-hybridized carbons (Fsp3) is 0.865. The summed E-state index contributed by atoms with van der Waals surface area (Å²) in [4.78, 5) is 11.7. The molecule has 0 bridgehead atoms. The van der Waals surface area contributed by atoms with E-state index >= 15 is 0 Å². The molecule has 0 aromatic heterocycles. The summed E-state index contributed by atoms with van der Waals surface area (Å²) in [5.41, 5.74) is 0.599. The molecule has 0 spiro atoms. The van der Waals surface area contributed by atoms with Gasteiger partial charge in [-0.25, -0.2) is 4.79 Å². The molecular weight excluding hydrogens is 556 g/mol. The van der Waals surface area contributed by atoms with Gasteiger partial charge in [0.05, 0.1) is 36.6 Å². The molecule has 2 heterocycles. The zero-order chi connectivity index (χ0) is 32.0. The summed E-state index contributed by atoms with van der Waals surface area (Å²) in [7, 11) is 0. The van der Waals surface area contributed by atoms with Gasteiger partial charge in [-0.2, -0.15) is 0 Å². The molecule has 0 aliphatic carbocycles. The molecule has 0 aromatic carbocycles. The highest BCUT2D eigenvalue weighted by Gasteiger charge is 2.31. The normalized spacial score (nSPS) is 23.2.